The lowest BCUT2D eigenvalue weighted by Gasteiger charge is -2.30. The van der Waals surface area contributed by atoms with Crippen LogP contribution in [0.15, 0.2) is 27.4 Å². The van der Waals surface area contributed by atoms with Gasteiger partial charge < -0.3 is 25.1 Å². The van der Waals surface area contributed by atoms with Gasteiger partial charge in [-0.1, -0.05) is 0 Å². The van der Waals surface area contributed by atoms with Crippen molar-refractivity contribution in [2.45, 2.75) is 18.9 Å². The number of H-pyrrole nitrogens is 1. The van der Waals surface area contributed by atoms with Gasteiger partial charge in [0.05, 0.1) is 12.1 Å². The molecule has 24 heavy (non-hydrogen) atoms. The molecule has 9 heteroatoms. The molecule has 1 fully saturated rings. The van der Waals surface area contributed by atoms with Crippen LogP contribution in [0.2, 0.25) is 0 Å². The lowest BCUT2D eigenvalue weighted by Crippen LogP contribution is -2.46. The van der Waals surface area contributed by atoms with Gasteiger partial charge in [0, 0.05) is 30.9 Å². The van der Waals surface area contributed by atoms with Crippen molar-refractivity contribution in [2.24, 2.45) is 0 Å². The van der Waals surface area contributed by atoms with Gasteiger partial charge in [0.15, 0.2) is 5.58 Å². The largest absolute Gasteiger partial charge is 0.465 e. The number of amides is 2. The van der Waals surface area contributed by atoms with Crippen LogP contribution in [0.1, 0.15) is 12.8 Å². The van der Waals surface area contributed by atoms with Gasteiger partial charge in [-0.15, -0.1) is 0 Å². The summed E-state index contributed by atoms with van der Waals surface area (Å²) in [5, 5.41) is 14.8. The fraction of sp³-hybridized carbons (Fsp3) is 0.400. The number of benzene rings is 1. The molecule has 1 aromatic carbocycles. The van der Waals surface area contributed by atoms with E-state index in [1.54, 1.807) is 18.2 Å². The zero-order chi connectivity index (χ0) is 17.1. The Hall–Kier alpha value is -2.81. The summed E-state index contributed by atoms with van der Waals surface area (Å²) in [6.45, 7) is 1.07. The van der Waals surface area contributed by atoms with Crippen LogP contribution >= 0.6 is 0 Å². The molecular formula is C15H18N4O5. The van der Waals surface area contributed by atoms with Crippen molar-refractivity contribution in [3.05, 3.63) is 28.7 Å². The molecule has 0 unspecified atom stereocenters. The number of rotatable bonds is 4. The average Bonchev–Trinajstić information content (AvgIpc) is 2.92. The summed E-state index contributed by atoms with van der Waals surface area (Å²) < 4.78 is 4.94. The van der Waals surface area contributed by atoms with Gasteiger partial charge in [-0.25, -0.2) is 9.59 Å². The molecular weight excluding hydrogens is 316 g/mol. The lowest BCUT2D eigenvalue weighted by atomic mass is 10.1. The second-order valence-electron chi connectivity index (χ2n) is 5.70. The fourth-order valence-electron chi connectivity index (χ4n) is 2.74. The highest BCUT2D eigenvalue weighted by atomic mass is 16.4. The minimum atomic E-state index is -0.905. The van der Waals surface area contributed by atoms with Gasteiger partial charge in [0.2, 0.25) is 5.91 Å². The Kier molecular flexibility index (Phi) is 4.52. The molecule has 1 aliphatic heterocycles. The second kappa shape index (κ2) is 6.75. The predicted octanol–water partition coefficient (Wildman–Crippen LogP) is 0.792. The van der Waals surface area contributed by atoms with Crippen LogP contribution in [-0.4, -0.2) is 52.7 Å². The molecule has 2 heterocycles. The van der Waals surface area contributed by atoms with E-state index in [9.17, 15) is 14.4 Å². The molecule has 3 rings (SSSR count). The molecule has 2 aromatic rings. The first kappa shape index (κ1) is 16.1. The van der Waals surface area contributed by atoms with Gasteiger partial charge in [0.25, 0.3) is 0 Å². The quantitative estimate of drug-likeness (QED) is 0.654. The van der Waals surface area contributed by atoms with Crippen molar-refractivity contribution in [3.8, 4) is 0 Å². The topological polar surface area (TPSA) is 128 Å². The molecule has 128 valence electrons. The first-order chi connectivity index (χ1) is 11.5. The Labute approximate surface area is 136 Å². The number of nitrogens with zero attached hydrogens (tertiary/aromatic N) is 1. The first-order valence-electron chi connectivity index (χ1n) is 7.65. The number of carboxylic acid groups (broad SMARTS) is 1. The third kappa shape index (κ3) is 3.74. The Bertz CT molecular complexity index is 804. The van der Waals surface area contributed by atoms with Gasteiger partial charge in [-0.2, -0.15) is 0 Å². The van der Waals surface area contributed by atoms with Crippen molar-refractivity contribution >= 4 is 28.8 Å². The molecule has 0 aliphatic carbocycles. The van der Waals surface area contributed by atoms with E-state index in [1.807, 2.05) is 0 Å². The average molecular weight is 334 g/mol. The number of carbonyl (C=O) groups is 2. The Balaban J connectivity index is 1.48. The zero-order valence-electron chi connectivity index (χ0n) is 12.9. The molecule has 0 saturated carbocycles. The summed E-state index contributed by atoms with van der Waals surface area (Å²) in [6, 6.07) is 5.04. The lowest BCUT2D eigenvalue weighted by molar-refractivity contribution is -0.115. The van der Waals surface area contributed by atoms with E-state index in [0.29, 0.717) is 42.7 Å². The highest BCUT2D eigenvalue weighted by Gasteiger charge is 2.22. The number of aromatic amines is 1. The van der Waals surface area contributed by atoms with E-state index < -0.39 is 11.8 Å². The van der Waals surface area contributed by atoms with E-state index in [2.05, 4.69) is 15.6 Å². The molecule has 0 radical (unpaired) electrons. The molecule has 1 saturated heterocycles. The minimum Gasteiger partial charge on any atom is -0.465 e. The predicted molar refractivity (Wildman–Crippen MR) is 86.1 cm³/mol. The molecule has 0 spiro atoms. The summed E-state index contributed by atoms with van der Waals surface area (Å²) in [7, 11) is 0. The number of fused-ring (bicyclic) bond motifs is 1. The standard InChI is InChI=1S/C15H18N4O5/c20-13(8-16-9-3-5-19(6-4-9)15(22)23)17-10-1-2-11-12(7-10)24-14(21)18-11/h1-2,7,9,16H,3-6,8H2,(H,17,20)(H,18,21)(H,22,23). The van der Waals surface area contributed by atoms with Gasteiger partial charge >= 0.3 is 11.8 Å². The van der Waals surface area contributed by atoms with Crippen LogP contribution in [0.5, 0.6) is 0 Å². The van der Waals surface area contributed by atoms with Crippen molar-refractivity contribution < 1.29 is 19.1 Å². The van der Waals surface area contributed by atoms with E-state index >= 15 is 0 Å². The molecule has 2 amide bonds. The summed E-state index contributed by atoms with van der Waals surface area (Å²) in [5.41, 5.74) is 1.49. The van der Waals surface area contributed by atoms with Gasteiger partial charge in [-0.3, -0.25) is 9.78 Å². The Morgan fingerprint density at radius 3 is 2.79 bits per heavy atom. The van der Waals surface area contributed by atoms with Crippen LogP contribution in [0.25, 0.3) is 11.1 Å². The van der Waals surface area contributed by atoms with Crippen molar-refractivity contribution in [2.75, 3.05) is 25.0 Å². The van der Waals surface area contributed by atoms with Crippen LogP contribution in [0.3, 0.4) is 0 Å². The monoisotopic (exact) mass is 334 g/mol. The fourth-order valence-corrected chi connectivity index (χ4v) is 2.74. The summed E-state index contributed by atoms with van der Waals surface area (Å²) >= 11 is 0. The maximum absolute atomic E-state index is 12.0. The minimum absolute atomic E-state index is 0.122. The van der Waals surface area contributed by atoms with E-state index in [-0.39, 0.29) is 18.5 Å². The van der Waals surface area contributed by atoms with Crippen LogP contribution in [0, 0.1) is 0 Å². The van der Waals surface area contributed by atoms with E-state index in [0.717, 1.165) is 0 Å². The third-order valence-corrected chi connectivity index (χ3v) is 4.02. The highest BCUT2D eigenvalue weighted by Crippen LogP contribution is 2.16. The number of piperidine rings is 1. The van der Waals surface area contributed by atoms with Gasteiger partial charge in [-0.05, 0) is 25.0 Å². The summed E-state index contributed by atoms with van der Waals surface area (Å²) in [4.78, 5) is 37.8. The molecule has 0 bridgehead atoms. The van der Waals surface area contributed by atoms with Crippen LogP contribution in [0.4, 0.5) is 10.5 Å². The maximum atomic E-state index is 12.0. The second-order valence-corrected chi connectivity index (χ2v) is 5.70. The number of nitrogens with one attached hydrogen (secondary N) is 3. The maximum Gasteiger partial charge on any atom is 0.417 e. The smallest absolute Gasteiger partial charge is 0.417 e. The molecule has 0 atom stereocenters. The number of anilines is 1. The van der Waals surface area contributed by atoms with Crippen LogP contribution < -0.4 is 16.4 Å². The Morgan fingerprint density at radius 2 is 2.08 bits per heavy atom. The van der Waals surface area contributed by atoms with Crippen molar-refractivity contribution in [1.82, 2.24) is 15.2 Å². The summed E-state index contributed by atoms with van der Waals surface area (Å²) in [6.07, 6.45) is 0.457. The number of hydrogen-bond donors (Lipinski definition) is 4. The number of oxazole rings is 1. The number of likely N-dealkylation sites (tertiary alicyclic amines) is 1. The first-order valence-corrected chi connectivity index (χ1v) is 7.65. The van der Waals surface area contributed by atoms with E-state index in [4.69, 9.17) is 9.52 Å². The molecule has 1 aromatic heterocycles. The normalized spacial score (nSPS) is 15.6. The number of aromatic nitrogens is 1. The van der Waals surface area contributed by atoms with Crippen LogP contribution in [-0.2, 0) is 4.79 Å². The Morgan fingerprint density at radius 1 is 1.33 bits per heavy atom. The van der Waals surface area contributed by atoms with Crippen molar-refractivity contribution in [3.63, 3.8) is 0 Å². The SMILES string of the molecule is O=C(CNC1CCN(C(=O)O)CC1)Nc1ccc2[nH]c(=O)oc2c1. The molecule has 4 N–H and O–H groups in total. The van der Waals surface area contributed by atoms with Gasteiger partial charge in [0.1, 0.15) is 0 Å². The number of hydrogen-bond acceptors (Lipinski definition) is 5. The van der Waals surface area contributed by atoms with Crippen molar-refractivity contribution in [1.29, 1.82) is 0 Å². The van der Waals surface area contributed by atoms with E-state index in [1.165, 1.54) is 4.90 Å². The number of carbonyl (C=O) groups excluding carboxylic acids is 1. The molecule has 1 aliphatic rings. The highest BCUT2D eigenvalue weighted by molar-refractivity contribution is 5.94. The molecule has 9 nitrogen and oxygen atoms in total. The third-order valence-electron chi connectivity index (χ3n) is 4.02. The zero-order valence-corrected chi connectivity index (χ0v) is 12.9. The summed E-state index contributed by atoms with van der Waals surface area (Å²) in [5.74, 6) is -0.754.